The molecule has 1 fully saturated rings. The first-order valence-corrected chi connectivity index (χ1v) is 8.89. The summed E-state index contributed by atoms with van der Waals surface area (Å²) in [5.74, 6) is 1.86. The molecule has 1 aromatic heterocycles. The van der Waals surface area contributed by atoms with Crippen LogP contribution in [0, 0.1) is 0 Å². The van der Waals surface area contributed by atoms with Crippen molar-refractivity contribution < 1.29 is 9.47 Å². The molecule has 0 atom stereocenters. The lowest BCUT2D eigenvalue weighted by molar-refractivity contribution is 0.0337. The van der Waals surface area contributed by atoms with Crippen LogP contribution in [0.25, 0.3) is 5.69 Å². The van der Waals surface area contributed by atoms with Crippen LogP contribution in [0.1, 0.15) is 25.4 Å². The van der Waals surface area contributed by atoms with Crippen LogP contribution >= 0.6 is 15.9 Å². The van der Waals surface area contributed by atoms with Crippen LogP contribution in [0.4, 0.5) is 0 Å². The highest BCUT2D eigenvalue weighted by Crippen LogP contribution is 2.32. The summed E-state index contributed by atoms with van der Waals surface area (Å²) in [5.41, 5.74) is 2.14. The Balaban J connectivity index is 0.000000753. The summed E-state index contributed by atoms with van der Waals surface area (Å²) < 4.78 is 14.3. The van der Waals surface area contributed by atoms with Crippen LogP contribution in [0.15, 0.2) is 28.9 Å². The predicted octanol–water partition coefficient (Wildman–Crippen LogP) is 3.39. The molecule has 4 rings (SSSR count). The second-order valence-electron chi connectivity index (χ2n) is 5.31. The number of hydrogen-bond acceptors (Lipinski definition) is 4. The minimum Gasteiger partial charge on any atom is -0.483 e. The van der Waals surface area contributed by atoms with Crippen molar-refractivity contribution in [2.45, 2.75) is 27.0 Å². The summed E-state index contributed by atoms with van der Waals surface area (Å²) in [5, 5.41) is 0. The number of fused-ring (bicyclic) bond motifs is 3. The third-order valence-electron chi connectivity index (χ3n) is 3.86. The number of aromatic nitrogens is 2. The van der Waals surface area contributed by atoms with Crippen LogP contribution in [-0.2, 0) is 17.9 Å². The molecule has 2 aliphatic heterocycles. The van der Waals surface area contributed by atoms with Crippen molar-refractivity contribution in [3.8, 4) is 11.4 Å². The van der Waals surface area contributed by atoms with Crippen molar-refractivity contribution in [1.82, 2.24) is 14.5 Å². The zero-order valence-electron chi connectivity index (χ0n) is 13.6. The van der Waals surface area contributed by atoms with Crippen molar-refractivity contribution in [2.24, 2.45) is 0 Å². The van der Waals surface area contributed by atoms with E-state index in [2.05, 4.69) is 37.7 Å². The van der Waals surface area contributed by atoms with Crippen LogP contribution in [0.5, 0.6) is 5.75 Å². The standard InChI is InChI=1S/C15H16BrN3O2.C2H6/c16-11-1-2-13-14(7-11)21-10-15-17-12(9-19(13)15)8-18-3-5-20-6-4-18;1-2/h1-2,7,9H,3-6,8,10H2;1-2H3. The first kappa shape index (κ1) is 16.5. The molecule has 2 aliphatic rings. The Bertz CT molecular complexity index is 666. The van der Waals surface area contributed by atoms with E-state index in [4.69, 9.17) is 14.5 Å². The minimum atomic E-state index is 0.520. The molecule has 0 spiro atoms. The summed E-state index contributed by atoms with van der Waals surface area (Å²) in [6, 6.07) is 6.08. The summed E-state index contributed by atoms with van der Waals surface area (Å²) >= 11 is 3.48. The van der Waals surface area contributed by atoms with E-state index >= 15 is 0 Å². The maximum atomic E-state index is 5.79. The first-order chi connectivity index (χ1) is 11.3. The van der Waals surface area contributed by atoms with Gasteiger partial charge in [-0.15, -0.1) is 0 Å². The lowest BCUT2D eigenvalue weighted by atomic mass is 10.2. The van der Waals surface area contributed by atoms with E-state index in [0.717, 1.165) is 60.3 Å². The van der Waals surface area contributed by atoms with Crippen molar-refractivity contribution in [3.05, 3.63) is 40.4 Å². The van der Waals surface area contributed by atoms with Gasteiger partial charge in [-0.25, -0.2) is 4.98 Å². The van der Waals surface area contributed by atoms with Gasteiger partial charge in [0.2, 0.25) is 0 Å². The van der Waals surface area contributed by atoms with E-state index in [1.54, 1.807) is 0 Å². The maximum Gasteiger partial charge on any atom is 0.151 e. The van der Waals surface area contributed by atoms with Gasteiger partial charge in [0, 0.05) is 30.3 Å². The molecule has 0 radical (unpaired) electrons. The molecule has 3 heterocycles. The molecule has 2 aromatic rings. The number of ether oxygens (including phenoxy) is 2. The van der Waals surface area contributed by atoms with Crippen molar-refractivity contribution in [1.29, 1.82) is 0 Å². The Labute approximate surface area is 145 Å². The Kier molecular flexibility index (Phi) is 5.35. The number of imidazole rings is 1. The van der Waals surface area contributed by atoms with Gasteiger partial charge in [-0.3, -0.25) is 9.47 Å². The van der Waals surface area contributed by atoms with Crippen LogP contribution in [0.2, 0.25) is 0 Å². The average Bonchev–Trinajstić information content (AvgIpc) is 3.00. The third-order valence-corrected chi connectivity index (χ3v) is 4.35. The monoisotopic (exact) mass is 379 g/mol. The normalized spacial score (nSPS) is 16.7. The van der Waals surface area contributed by atoms with Gasteiger partial charge in [0.25, 0.3) is 0 Å². The number of benzene rings is 1. The zero-order valence-corrected chi connectivity index (χ0v) is 15.2. The SMILES string of the molecule is Brc1ccc2c(c1)OCc1nc(CN3CCOCC3)cn1-2.CC. The van der Waals surface area contributed by atoms with Crippen molar-refractivity contribution in [2.75, 3.05) is 26.3 Å². The molecular weight excluding hydrogens is 358 g/mol. The largest absolute Gasteiger partial charge is 0.483 e. The van der Waals surface area contributed by atoms with Gasteiger partial charge in [0.1, 0.15) is 12.4 Å². The van der Waals surface area contributed by atoms with E-state index in [1.807, 2.05) is 26.0 Å². The van der Waals surface area contributed by atoms with Crippen molar-refractivity contribution >= 4 is 15.9 Å². The van der Waals surface area contributed by atoms with E-state index < -0.39 is 0 Å². The average molecular weight is 380 g/mol. The maximum absolute atomic E-state index is 5.79. The number of nitrogens with zero attached hydrogens (tertiary/aromatic N) is 3. The van der Waals surface area contributed by atoms with E-state index in [0.29, 0.717) is 6.61 Å². The summed E-state index contributed by atoms with van der Waals surface area (Å²) in [6.45, 7) is 8.97. The fourth-order valence-electron chi connectivity index (χ4n) is 2.79. The Hall–Kier alpha value is -1.37. The molecule has 1 saturated heterocycles. The highest BCUT2D eigenvalue weighted by Gasteiger charge is 2.20. The van der Waals surface area contributed by atoms with Gasteiger partial charge in [0.05, 0.1) is 24.6 Å². The van der Waals surface area contributed by atoms with Gasteiger partial charge in [0.15, 0.2) is 5.82 Å². The summed E-state index contributed by atoms with van der Waals surface area (Å²) in [7, 11) is 0. The van der Waals surface area contributed by atoms with E-state index in [9.17, 15) is 0 Å². The third kappa shape index (κ3) is 3.59. The first-order valence-electron chi connectivity index (χ1n) is 8.09. The topological polar surface area (TPSA) is 39.5 Å². The molecule has 0 unspecified atom stereocenters. The quantitative estimate of drug-likeness (QED) is 0.801. The smallest absolute Gasteiger partial charge is 0.151 e. The Morgan fingerprint density at radius 2 is 2.00 bits per heavy atom. The fourth-order valence-corrected chi connectivity index (χ4v) is 3.13. The van der Waals surface area contributed by atoms with Gasteiger partial charge in [-0.05, 0) is 18.2 Å². The fraction of sp³-hybridized carbons (Fsp3) is 0.471. The van der Waals surface area contributed by atoms with Crippen LogP contribution in [-0.4, -0.2) is 40.8 Å². The Morgan fingerprint density at radius 3 is 2.78 bits per heavy atom. The highest BCUT2D eigenvalue weighted by atomic mass is 79.9. The van der Waals surface area contributed by atoms with Crippen LogP contribution in [0.3, 0.4) is 0 Å². The second-order valence-corrected chi connectivity index (χ2v) is 6.22. The van der Waals surface area contributed by atoms with E-state index in [1.165, 1.54) is 0 Å². The second kappa shape index (κ2) is 7.47. The molecule has 124 valence electrons. The molecule has 0 saturated carbocycles. The highest BCUT2D eigenvalue weighted by molar-refractivity contribution is 9.10. The Morgan fingerprint density at radius 1 is 1.22 bits per heavy atom. The molecule has 0 amide bonds. The summed E-state index contributed by atoms with van der Waals surface area (Å²) in [6.07, 6.45) is 2.13. The van der Waals surface area contributed by atoms with Gasteiger partial charge >= 0.3 is 0 Å². The zero-order chi connectivity index (χ0) is 16.2. The molecule has 0 bridgehead atoms. The number of halogens is 1. The number of rotatable bonds is 2. The lowest BCUT2D eigenvalue weighted by Gasteiger charge is -2.25. The molecular formula is C17H22BrN3O2. The molecule has 6 heteroatoms. The molecule has 23 heavy (non-hydrogen) atoms. The predicted molar refractivity (Wildman–Crippen MR) is 93.0 cm³/mol. The van der Waals surface area contributed by atoms with E-state index in [-0.39, 0.29) is 0 Å². The number of morpholine rings is 1. The molecule has 0 aliphatic carbocycles. The molecule has 1 aromatic carbocycles. The van der Waals surface area contributed by atoms with Gasteiger partial charge in [-0.2, -0.15) is 0 Å². The molecule has 5 nitrogen and oxygen atoms in total. The van der Waals surface area contributed by atoms with Gasteiger partial charge < -0.3 is 9.47 Å². The van der Waals surface area contributed by atoms with Gasteiger partial charge in [-0.1, -0.05) is 29.8 Å². The number of hydrogen-bond donors (Lipinski definition) is 0. The lowest BCUT2D eigenvalue weighted by Crippen LogP contribution is -2.35. The minimum absolute atomic E-state index is 0.520. The molecule has 0 N–H and O–H groups in total. The van der Waals surface area contributed by atoms with Crippen LogP contribution < -0.4 is 4.74 Å². The van der Waals surface area contributed by atoms with Crippen molar-refractivity contribution in [3.63, 3.8) is 0 Å². The summed E-state index contributed by atoms with van der Waals surface area (Å²) in [4.78, 5) is 7.09.